The summed E-state index contributed by atoms with van der Waals surface area (Å²) in [5, 5.41) is 12.6. The molecule has 0 aliphatic rings. The van der Waals surface area contributed by atoms with Gasteiger partial charge in [0.05, 0.1) is 5.69 Å². The van der Waals surface area contributed by atoms with Gasteiger partial charge in [-0.3, -0.25) is 9.67 Å². The summed E-state index contributed by atoms with van der Waals surface area (Å²) in [6.07, 6.45) is 1.96. The average Bonchev–Trinajstić information content (AvgIpc) is 3.15. The highest BCUT2D eigenvalue weighted by molar-refractivity contribution is 5.84. The molecule has 0 bridgehead atoms. The summed E-state index contributed by atoms with van der Waals surface area (Å²) in [6, 6.07) is 10.6. The Hall–Kier alpha value is -2.76. The Morgan fingerprint density at radius 3 is 2.67 bits per heavy atom. The third-order valence-corrected chi connectivity index (χ3v) is 4.86. The Morgan fingerprint density at radius 2 is 1.93 bits per heavy atom. The zero-order valence-electron chi connectivity index (χ0n) is 16.8. The van der Waals surface area contributed by atoms with Crippen molar-refractivity contribution >= 4 is 16.9 Å². The minimum atomic E-state index is 0.847. The molecule has 0 aliphatic heterocycles. The van der Waals surface area contributed by atoms with Crippen LogP contribution in [0.3, 0.4) is 0 Å². The number of aromatic nitrogens is 3. The van der Waals surface area contributed by atoms with E-state index in [-0.39, 0.29) is 0 Å². The molecule has 0 unspecified atom stereocenters. The summed E-state index contributed by atoms with van der Waals surface area (Å²) in [7, 11) is 1.81. The van der Waals surface area contributed by atoms with Crippen LogP contribution in [0, 0.1) is 20.8 Å². The quantitative estimate of drug-likeness (QED) is 0.342. The number of rotatable bonds is 7. The minimum absolute atomic E-state index is 0.847. The van der Waals surface area contributed by atoms with Gasteiger partial charge in [-0.1, -0.05) is 18.2 Å². The summed E-state index contributed by atoms with van der Waals surface area (Å²) in [4.78, 5) is 7.78. The molecule has 0 saturated carbocycles. The van der Waals surface area contributed by atoms with Gasteiger partial charge in [-0.2, -0.15) is 5.10 Å². The van der Waals surface area contributed by atoms with Crippen LogP contribution in [0.15, 0.2) is 35.3 Å². The standard InChI is InChI=1S/C21H30N6/c1-15-14-16(2)27(26-15)13-7-11-23-21(22-4)24-12-10-18-17(3)25-20-9-6-5-8-19(18)20/h5-6,8-9,14,25H,7,10-13H2,1-4H3,(H2,22,23,24). The summed E-state index contributed by atoms with van der Waals surface area (Å²) in [5.74, 6) is 0.848. The Kier molecular flexibility index (Phi) is 6.16. The van der Waals surface area contributed by atoms with Crippen molar-refractivity contribution in [3.63, 3.8) is 0 Å². The zero-order chi connectivity index (χ0) is 19.2. The van der Waals surface area contributed by atoms with E-state index in [0.717, 1.165) is 44.1 Å². The molecule has 6 heteroatoms. The highest BCUT2D eigenvalue weighted by atomic mass is 15.3. The lowest BCUT2D eigenvalue weighted by atomic mass is 10.1. The van der Waals surface area contributed by atoms with E-state index in [2.05, 4.69) is 74.6 Å². The maximum absolute atomic E-state index is 4.50. The number of hydrogen-bond acceptors (Lipinski definition) is 2. The number of aromatic amines is 1. The fourth-order valence-corrected chi connectivity index (χ4v) is 3.52. The van der Waals surface area contributed by atoms with Crippen molar-refractivity contribution in [2.45, 2.75) is 40.2 Å². The molecule has 0 fully saturated rings. The van der Waals surface area contributed by atoms with Crippen LogP contribution in [-0.4, -0.2) is 40.9 Å². The SMILES string of the molecule is CN=C(NCCCn1nc(C)cc1C)NCCc1c(C)[nH]c2ccccc12. The highest BCUT2D eigenvalue weighted by Crippen LogP contribution is 2.21. The lowest BCUT2D eigenvalue weighted by Gasteiger charge is -2.12. The van der Waals surface area contributed by atoms with Crippen LogP contribution in [0.25, 0.3) is 10.9 Å². The maximum atomic E-state index is 4.50. The van der Waals surface area contributed by atoms with Gasteiger partial charge in [0.25, 0.3) is 0 Å². The molecule has 27 heavy (non-hydrogen) atoms. The third kappa shape index (κ3) is 4.70. The number of aliphatic imine (C=N–C) groups is 1. The van der Waals surface area contributed by atoms with E-state index in [1.165, 1.54) is 27.9 Å². The molecule has 2 heterocycles. The van der Waals surface area contributed by atoms with Crippen molar-refractivity contribution < 1.29 is 0 Å². The molecular formula is C21H30N6. The van der Waals surface area contributed by atoms with Gasteiger partial charge in [0.15, 0.2) is 5.96 Å². The second-order valence-electron chi connectivity index (χ2n) is 6.95. The lowest BCUT2D eigenvalue weighted by Crippen LogP contribution is -2.39. The second-order valence-corrected chi connectivity index (χ2v) is 6.95. The van der Waals surface area contributed by atoms with E-state index in [1.807, 2.05) is 14.0 Å². The molecular weight excluding hydrogens is 336 g/mol. The van der Waals surface area contributed by atoms with Crippen molar-refractivity contribution in [3.05, 3.63) is 53.0 Å². The lowest BCUT2D eigenvalue weighted by molar-refractivity contribution is 0.555. The summed E-state index contributed by atoms with van der Waals surface area (Å²) < 4.78 is 2.06. The second kappa shape index (κ2) is 8.75. The van der Waals surface area contributed by atoms with Gasteiger partial charge in [-0.25, -0.2) is 0 Å². The molecule has 1 aromatic carbocycles. The van der Waals surface area contributed by atoms with Crippen molar-refractivity contribution in [1.29, 1.82) is 0 Å². The number of guanidine groups is 1. The van der Waals surface area contributed by atoms with E-state index in [0.29, 0.717) is 0 Å². The van der Waals surface area contributed by atoms with E-state index in [9.17, 15) is 0 Å². The zero-order valence-corrected chi connectivity index (χ0v) is 16.8. The van der Waals surface area contributed by atoms with Crippen LogP contribution in [0.5, 0.6) is 0 Å². The third-order valence-electron chi connectivity index (χ3n) is 4.86. The van der Waals surface area contributed by atoms with Crippen molar-refractivity contribution in [3.8, 4) is 0 Å². The van der Waals surface area contributed by atoms with E-state index in [1.54, 1.807) is 0 Å². The number of para-hydroxylation sites is 1. The van der Waals surface area contributed by atoms with Crippen LogP contribution in [0.2, 0.25) is 0 Å². The first-order valence-corrected chi connectivity index (χ1v) is 9.60. The molecule has 6 nitrogen and oxygen atoms in total. The topological polar surface area (TPSA) is 70.0 Å². The van der Waals surface area contributed by atoms with E-state index < -0.39 is 0 Å². The molecule has 0 spiro atoms. The van der Waals surface area contributed by atoms with Crippen LogP contribution < -0.4 is 10.6 Å². The number of hydrogen-bond donors (Lipinski definition) is 3. The van der Waals surface area contributed by atoms with Gasteiger partial charge >= 0.3 is 0 Å². The Balaban J connectivity index is 1.44. The smallest absolute Gasteiger partial charge is 0.190 e. The Labute approximate surface area is 161 Å². The molecule has 0 radical (unpaired) electrons. The molecule has 144 valence electrons. The van der Waals surface area contributed by atoms with E-state index >= 15 is 0 Å². The van der Waals surface area contributed by atoms with Crippen LogP contribution >= 0.6 is 0 Å². The van der Waals surface area contributed by atoms with Gasteiger partial charge < -0.3 is 15.6 Å². The number of benzene rings is 1. The van der Waals surface area contributed by atoms with Gasteiger partial charge in [-0.15, -0.1) is 0 Å². The number of fused-ring (bicyclic) bond motifs is 1. The predicted molar refractivity (Wildman–Crippen MR) is 112 cm³/mol. The van der Waals surface area contributed by atoms with Crippen LogP contribution in [0.1, 0.15) is 29.1 Å². The monoisotopic (exact) mass is 366 g/mol. The van der Waals surface area contributed by atoms with Gasteiger partial charge in [-0.05, 0) is 51.3 Å². The molecule has 0 amide bonds. The summed E-state index contributed by atoms with van der Waals surface area (Å²) in [6.45, 7) is 8.90. The molecule has 0 aliphatic carbocycles. The van der Waals surface area contributed by atoms with Gasteiger partial charge in [0.2, 0.25) is 0 Å². The van der Waals surface area contributed by atoms with E-state index in [4.69, 9.17) is 0 Å². The Bertz CT molecular complexity index is 918. The van der Waals surface area contributed by atoms with Crippen LogP contribution in [-0.2, 0) is 13.0 Å². The molecule has 2 aromatic heterocycles. The van der Waals surface area contributed by atoms with Crippen LogP contribution in [0.4, 0.5) is 0 Å². The number of H-pyrrole nitrogens is 1. The predicted octanol–water partition coefficient (Wildman–Crippen LogP) is 3.09. The first-order chi connectivity index (χ1) is 13.1. The normalized spacial score (nSPS) is 11.9. The Morgan fingerprint density at radius 1 is 1.15 bits per heavy atom. The molecule has 3 aromatic rings. The summed E-state index contributed by atoms with van der Waals surface area (Å²) in [5.41, 5.74) is 6.11. The average molecular weight is 367 g/mol. The molecule has 0 saturated heterocycles. The first-order valence-electron chi connectivity index (χ1n) is 9.60. The number of aryl methyl sites for hydroxylation is 4. The highest BCUT2D eigenvalue weighted by Gasteiger charge is 2.08. The molecule has 3 rings (SSSR count). The fourth-order valence-electron chi connectivity index (χ4n) is 3.52. The molecule has 3 N–H and O–H groups in total. The fraction of sp³-hybridized carbons (Fsp3) is 0.429. The summed E-state index contributed by atoms with van der Waals surface area (Å²) >= 11 is 0. The number of nitrogens with one attached hydrogen (secondary N) is 3. The first kappa shape index (κ1) is 19.0. The molecule has 0 atom stereocenters. The van der Waals surface area contributed by atoms with Crippen molar-refractivity contribution in [1.82, 2.24) is 25.4 Å². The number of nitrogens with zero attached hydrogens (tertiary/aromatic N) is 3. The van der Waals surface area contributed by atoms with Gasteiger partial charge in [0.1, 0.15) is 0 Å². The maximum Gasteiger partial charge on any atom is 0.190 e. The minimum Gasteiger partial charge on any atom is -0.358 e. The van der Waals surface area contributed by atoms with Crippen molar-refractivity contribution in [2.24, 2.45) is 4.99 Å². The van der Waals surface area contributed by atoms with Gasteiger partial charge in [0, 0.05) is 49.0 Å². The van der Waals surface area contributed by atoms with Crippen molar-refractivity contribution in [2.75, 3.05) is 20.1 Å². The largest absolute Gasteiger partial charge is 0.358 e.